The zero-order valence-electron chi connectivity index (χ0n) is 17.0. The third kappa shape index (κ3) is 6.55. The van der Waals surface area contributed by atoms with Crippen LogP contribution in [-0.4, -0.2) is 63.2 Å². The first-order chi connectivity index (χ1) is 13.2. The number of likely N-dealkylation sites (tertiary alicyclic amines) is 1. The Labute approximate surface area is 184 Å². The van der Waals surface area contributed by atoms with Crippen LogP contribution >= 0.6 is 24.8 Å². The molecular weight excluding hydrogens is 413 g/mol. The van der Waals surface area contributed by atoms with Crippen molar-refractivity contribution in [2.75, 3.05) is 31.5 Å². The van der Waals surface area contributed by atoms with Gasteiger partial charge in [0.25, 0.3) is 0 Å². The molecular formula is C19H31Cl2N7O. The highest BCUT2D eigenvalue weighted by Crippen LogP contribution is 2.19. The van der Waals surface area contributed by atoms with E-state index in [9.17, 15) is 4.79 Å². The summed E-state index contributed by atoms with van der Waals surface area (Å²) in [7, 11) is 0. The number of anilines is 1. The fourth-order valence-electron chi connectivity index (χ4n) is 3.44. The Balaban J connectivity index is 0.00000210. The van der Waals surface area contributed by atoms with Gasteiger partial charge in [0.2, 0.25) is 11.9 Å². The molecule has 0 saturated carbocycles. The van der Waals surface area contributed by atoms with Gasteiger partial charge >= 0.3 is 0 Å². The number of amides is 1. The summed E-state index contributed by atoms with van der Waals surface area (Å²) >= 11 is 0. The molecule has 2 N–H and O–H groups in total. The summed E-state index contributed by atoms with van der Waals surface area (Å²) in [4.78, 5) is 15.0. The Morgan fingerprint density at radius 1 is 1.17 bits per heavy atom. The second-order valence-corrected chi connectivity index (χ2v) is 6.93. The Hall–Kier alpha value is -1.90. The lowest BCUT2D eigenvalue weighted by Gasteiger charge is -2.34. The summed E-state index contributed by atoms with van der Waals surface area (Å²) in [6.45, 7) is 7.80. The number of halogens is 2. The first-order valence-corrected chi connectivity index (χ1v) is 9.82. The van der Waals surface area contributed by atoms with Crippen molar-refractivity contribution in [2.24, 2.45) is 5.92 Å². The molecule has 1 aliphatic heterocycles. The second kappa shape index (κ2) is 12.6. The van der Waals surface area contributed by atoms with E-state index in [-0.39, 0.29) is 36.8 Å². The molecule has 2 heterocycles. The number of aromatic nitrogens is 4. The highest BCUT2D eigenvalue weighted by molar-refractivity contribution is 5.85. The van der Waals surface area contributed by atoms with Gasteiger partial charge in [0.15, 0.2) is 0 Å². The maximum atomic E-state index is 13.0. The van der Waals surface area contributed by atoms with Crippen LogP contribution in [-0.2, 0) is 4.79 Å². The molecule has 3 rings (SSSR count). The van der Waals surface area contributed by atoms with Gasteiger partial charge in [-0.25, -0.2) is 0 Å². The van der Waals surface area contributed by atoms with Gasteiger partial charge in [-0.2, -0.15) is 4.68 Å². The van der Waals surface area contributed by atoms with Crippen molar-refractivity contribution in [1.82, 2.24) is 30.4 Å². The lowest BCUT2D eigenvalue weighted by Crippen LogP contribution is -2.47. The van der Waals surface area contributed by atoms with Gasteiger partial charge in [-0.15, -0.1) is 24.8 Å². The van der Waals surface area contributed by atoms with Crippen LogP contribution in [0.5, 0.6) is 0 Å². The van der Waals surface area contributed by atoms with Crippen LogP contribution in [0.25, 0.3) is 5.69 Å². The van der Waals surface area contributed by atoms with Gasteiger partial charge in [0.1, 0.15) is 6.04 Å². The van der Waals surface area contributed by atoms with Crippen molar-refractivity contribution in [3.63, 3.8) is 0 Å². The SMILES string of the molecule is CCNCC1CCN(C(=O)C(CC)Nc2nnnn2-c2ccccc2)CC1.Cl.Cl. The lowest BCUT2D eigenvalue weighted by molar-refractivity contribution is -0.133. The molecule has 2 aromatic rings. The number of carbonyl (C=O) groups excluding carboxylic acids is 1. The number of para-hydroxylation sites is 1. The van der Waals surface area contributed by atoms with E-state index in [1.165, 1.54) is 0 Å². The average Bonchev–Trinajstić information content (AvgIpc) is 3.19. The minimum atomic E-state index is -0.330. The summed E-state index contributed by atoms with van der Waals surface area (Å²) in [5.74, 6) is 1.28. The Morgan fingerprint density at radius 3 is 2.48 bits per heavy atom. The van der Waals surface area contributed by atoms with Crippen molar-refractivity contribution in [3.05, 3.63) is 30.3 Å². The zero-order valence-corrected chi connectivity index (χ0v) is 18.6. The summed E-state index contributed by atoms with van der Waals surface area (Å²) in [6, 6.07) is 9.34. The number of hydrogen-bond acceptors (Lipinski definition) is 6. The van der Waals surface area contributed by atoms with Gasteiger partial charge < -0.3 is 15.5 Å². The topological polar surface area (TPSA) is 88.0 Å². The van der Waals surface area contributed by atoms with Gasteiger partial charge in [-0.05, 0) is 60.8 Å². The molecule has 1 aromatic carbocycles. The van der Waals surface area contributed by atoms with Gasteiger partial charge in [-0.3, -0.25) is 4.79 Å². The minimum Gasteiger partial charge on any atom is -0.341 e. The molecule has 1 amide bonds. The molecule has 1 unspecified atom stereocenters. The number of benzene rings is 1. The molecule has 162 valence electrons. The largest absolute Gasteiger partial charge is 0.341 e. The fraction of sp³-hybridized carbons (Fsp3) is 0.579. The van der Waals surface area contributed by atoms with Crippen molar-refractivity contribution < 1.29 is 4.79 Å². The predicted molar refractivity (Wildman–Crippen MR) is 119 cm³/mol. The van der Waals surface area contributed by atoms with E-state index in [2.05, 4.69) is 33.1 Å². The normalized spacial score (nSPS) is 15.2. The van der Waals surface area contributed by atoms with E-state index in [1.54, 1.807) is 4.68 Å². The molecule has 10 heteroatoms. The van der Waals surface area contributed by atoms with Crippen LogP contribution in [0.15, 0.2) is 30.3 Å². The minimum absolute atomic E-state index is 0. The molecule has 0 bridgehead atoms. The molecule has 0 spiro atoms. The van der Waals surface area contributed by atoms with Gasteiger partial charge in [-0.1, -0.05) is 37.1 Å². The van der Waals surface area contributed by atoms with E-state index < -0.39 is 0 Å². The highest BCUT2D eigenvalue weighted by atomic mass is 35.5. The molecule has 1 aromatic heterocycles. The van der Waals surface area contributed by atoms with Crippen LogP contribution in [0.1, 0.15) is 33.1 Å². The maximum absolute atomic E-state index is 13.0. The first kappa shape index (κ1) is 25.1. The predicted octanol–water partition coefficient (Wildman–Crippen LogP) is 2.54. The van der Waals surface area contributed by atoms with Crippen molar-refractivity contribution >= 4 is 36.7 Å². The Bertz CT molecular complexity index is 720. The molecule has 29 heavy (non-hydrogen) atoms. The molecule has 1 aliphatic rings. The molecule has 1 saturated heterocycles. The monoisotopic (exact) mass is 443 g/mol. The molecule has 1 fully saturated rings. The summed E-state index contributed by atoms with van der Waals surface area (Å²) in [6.07, 6.45) is 2.78. The van der Waals surface area contributed by atoms with E-state index >= 15 is 0 Å². The highest BCUT2D eigenvalue weighted by Gasteiger charge is 2.28. The average molecular weight is 444 g/mol. The second-order valence-electron chi connectivity index (χ2n) is 6.93. The van der Waals surface area contributed by atoms with E-state index in [0.29, 0.717) is 18.3 Å². The van der Waals surface area contributed by atoms with Gasteiger partial charge in [0, 0.05) is 13.1 Å². The molecule has 8 nitrogen and oxygen atoms in total. The summed E-state index contributed by atoms with van der Waals surface area (Å²) in [5.41, 5.74) is 0.858. The van der Waals surface area contributed by atoms with Crippen LogP contribution in [0, 0.1) is 5.92 Å². The van der Waals surface area contributed by atoms with E-state index in [0.717, 1.165) is 44.7 Å². The number of nitrogens with one attached hydrogen (secondary N) is 2. The number of tetrazole rings is 1. The molecule has 1 atom stereocenters. The summed E-state index contributed by atoms with van der Waals surface area (Å²) < 4.78 is 1.62. The lowest BCUT2D eigenvalue weighted by atomic mass is 9.96. The van der Waals surface area contributed by atoms with Crippen LogP contribution < -0.4 is 10.6 Å². The smallest absolute Gasteiger partial charge is 0.248 e. The third-order valence-electron chi connectivity index (χ3n) is 5.09. The van der Waals surface area contributed by atoms with Gasteiger partial charge in [0.05, 0.1) is 5.69 Å². The van der Waals surface area contributed by atoms with E-state index in [4.69, 9.17) is 0 Å². The maximum Gasteiger partial charge on any atom is 0.248 e. The quantitative estimate of drug-likeness (QED) is 0.651. The number of hydrogen-bond donors (Lipinski definition) is 2. The number of nitrogens with zero attached hydrogens (tertiary/aromatic N) is 5. The third-order valence-corrected chi connectivity index (χ3v) is 5.09. The van der Waals surface area contributed by atoms with E-state index in [1.807, 2.05) is 42.2 Å². The Kier molecular flexibility index (Phi) is 10.9. The van der Waals surface area contributed by atoms with Crippen molar-refractivity contribution in [1.29, 1.82) is 0 Å². The molecule has 0 aliphatic carbocycles. The van der Waals surface area contributed by atoms with Crippen molar-refractivity contribution in [2.45, 2.75) is 39.2 Å². The Morgan fingerprint density at radius 2 is 1.86 bits per heavy atom. The van der Waals surface area contributed by atoms with Crippen LogP contribution in [0.2, 0.25) is 0 Å². The first-order valence-electron chi connectivity index (χ1n) is 9.82. The number of rotatable bonds is 8. The van der Waals surface area contributed by atoms with Crippen molar-refractivity contribution in [3.8, 4) is 5.69 Å². The fourth-order valence-corrected chi connectivity index (χ4v) is 3.44. The van der Waals surface area contributed by atoms with Crippen LogP contribution in [0.3, 0.4) is 0 Å². The number of piperidine rings is 1. The standard InChI is InChI=1S/C19H29N7O.2ClH/c1-3-17(18(27)25-12-10-15(11-13-25)14-20-4-2)21-19-22-23-24-26(19)16-8-6-5-7-9-16;;/h5-9,15,17,20H,3-4,10-14H2,1-2H3,(H,21,22,24);2*1H. The number of carbonyl (C=O) groups is 1. The molecule has 0 radical (unpaired) electrons. The zero-order chi connectivity index (χ0) is 19.1. The summed E-state index contributed by atoms with van der Waals surface area (Å²) in [5, 5.41) is 18.5. The van der Waals surface area contributed by atoms with Crippen LogP contribution in [0.4, 0.5) is 5.95 Å².